The Morgan fingerprint density at radius 1 is 1.38 bits per heavy atom. The number of fused-ring (bicyclic) bond motifs is 1. The third-order valence-corrected chi connectivity index (χ3v) is 2.92. The molecule has 1 aromatic heterocycles. The molecule has 1 aliphatic heterocycles. The van der Waals surface area contributed by atoms with Crippen molar-refractivity contribution in [2.75, 3.05) is 6.26 Å². The van der Waals surface area contributed by atoms with Gasteiger partial charge in [0.1, 0.15) is 0 Å². The number of thioether (sulfide) groups is 1. The van der Waals surface area contributed by atoms with Crippen molar-refractivity contribution in [1.82, 2.24) is 9.88 Å². The number of hydrogen-bond donors (Lipinski definition) is 0. The van der Waals surface area contributed by atoms with Gasteiger partial charge in [-0.05, 0) is 24.0 Å². The summed E-state index contributed by atoms with van der Waals surface area (Å²) in [5.74, 6) is 0. The smallest absolute Gasteiger partial charge is 0.285 e. The summed E-state index contributed by atoms with van der Waals surface area (Å²) in [5, 5.41) is 0.733. The number of hydrogen-bond acceptors (Lipinski definition) is 3. The Morgan fingerprint density at radius 2 is 2.12 bits per heavy atom. The highest BCUT2D eigenvalue weighted by Gasteiger charge is 2.36. The first-order valence-electron chi connectivity index (χ1n) is 4.56. The van der Waals surface area contributed by atoms with Crippen LogP contribution in [0, 0.1) is 0 Å². The first-order chi connectivity index (χ1) is 7.50. The lowest BCUT2D eigenvalue weighted by Crippen LogP contribution is -2.34. The number of pyridine rings is 1. The minimum Gasteiger partial charge on any atom is -0.285 e. The molecule has 0 atom stereocenters. The van der Waals surface area contributed by atoms with Crippen LogP contribution in [0.1, 0.15) is 11.3 Å². The van der Waals surface area contributed by atoms with Gasteiger partial charge in [0.15, 0.2) is 0 Å². The van der Waals surface area contributed by atoms with Gasteiger partial charge in [0.2, 0.25) is 0 Å². The van der Waals surface area contributed by atoms with Crippen LogP contribution in [-0.4, -0.2) is 22.4 Å². The first-order valence-corrected chi connectivity index (χ1v) is 5.79. The van der Waals surface area contributed by atoms with E-state index in [-0.39, 0.29) is 6.54 Å². The van der Waals surface area contributed by atoms with Gasteiger partial charge in [-0.3, -0.25) is 4.90 Å². The molecule has 1 aliphatic rings. The average Bonchev–Trinajstić information content (AvgIpc) is 2.26. The molecule has 0 saturated carbocycles. The molecule has 6 heteroatoms. The Bertz CT molecular complexity index is 429. The third-order valence-electron chi connectivity index (χ3n) is 2.27. The Hall–Kier alpha value is -1.17. The third kappa shape index (κ3) is 2.16. The number of rotatable bonds is 1. The molecule has 2 heterocycles. The molecular weight excluding hydrogens is 237 g/mol. The van der Waals surface area contributed by atoms with Gasteiger partial charge in [-0.15, -0.1) is 11.8 Å². The molecular formula is C10H9F3N2S. The van der Waals surface area contributed by atoms with Crippen molar-refractivity contribution in [3.8, 4) is 0 Å². The lowest BCUT2D eigenvalue weighted by Gasteiger charge is -2.26. The maximum atomic E-state index is 12.5. The van der Waals surface area contributed by atoms with Gasteiger partial charge in [-0.1, -0.05) is 6.07 Å². The second kappa shape index (κ2) is 4.01. The molecule has 0 aromatic carbocycles. The van der Waals surface area contributed by atoms with Crippen LogP contribution in [0.25, 0.3) is 6.08 Å². The van der Waals surface area contributed by atoms with Crippen LogP contribution in [0.4, 0.5) is 13.2 Å². The van der Waals surface area contributed by atoms with Crippen LogP contribution < -0.4 is 0 Å². The molecule has 0 bridgehead atoms. The van der Waals surface area contributed by atoms with Crippen LogP contribution in [0.2, 0.25) is 0 Å². The lowest BCUT2D eigenvalue weighted by molar-refractivity contribution is -0.231. The average molecular weight is 246 g/mol. The van der Waals surface area contributed by atoms with Crippen LogP contribution >= 0.6 is 11.8 Å². The van der Waals surface area contributed by atoms with E-state index >= 15 is 0 Å². The number of alkyl halides is 3. The highest BCUT2D eigenvalue weighted by atomic mass is 32.2. The van der Waals surface area contributed by atoms with E-state index in [4.69, 9.17) is 0 Å². The van der Waals surface area contributed by atoms with Crippen LogP contribution in [-0.2, 0) is 6.54 Å². The fourth-order valence-corrected chi connectivity index (χ4v) is 1.85. The van der Waals surface area contributed by atoms with E-state index in [9.17, 15) is 13.2 Å². The number of nitrogens with zero attached hydrogens (tertiary/aromatic N) is 2. The highest BCUT2D eigenvalue weighted by molar-refractivity contribution is 7.98. The summed E-state index contributed by atoms with van der Waals surface area (Å²) in [6.07, 6.45) is -0.0215. The van der Waals surface area contributed by atoms with E-state index in [0.29, 0.717) is 10.6 Å². The zero-order valence-electron chi connectivity index (χ0n) is 8.45. The SMILES string of the molecule is CSc1ccc2c(n1)CN(C(F)(F)F)C=C2. The molecule has 0 spiro atoms. The molecule has 86 valence electrons. The summed E-state index contributed by atoms with van der Waals surface area (Å²) in [5.41, 5.74) is 1.21. The van der Waals surface area contributed by atoms with Gasteiger partial charge < -0.3 is 0 Å². The standard InChI is InChI=1S/C10H9F3N2S/c1-16-9-3-2-7-4-5-15(10(11,12)13)6-8(7)14-9/h2-5H,6H2,1H3. The predicted octanol–water partition coefficient (Wildman–Crippen LogP) is 3.11. The molecule has 0 saturated heterocycles. The highest BCUT2D eigenvalue weighted by Crippen LogP contribution is 2.29. The summed E-state index contributed by atoms with van der Waals surface area (Å²) < 4.78 is 37.4. The Kier molecular flexibility index (Phi) is 2.84. The fourth-order valence-electron chi connectivity index (χ4n) is 1.44. The zero-order chi connectivity index (χ0) is 11.8. The van der Waals surface area contributed by atoms with Gasteiger partial charge in [-0.2, -0.15) is 13.2 Å². The van der Waals surface area contributed by atoms with Crippen LogP contribution in [0.5, 0.6) is 0 Å². The monoisotopic (exact) mass is 246 g/mol. The molecule has 0 radical (unpaired) electrons. The van der Waals surface area contributed by atoms with Crippen molar-refractivity contribution < 1.29 is 13.2 Å². The maximum absolute atomic E-state index is 12.5. The van der Waals surface area contributed by atoms with Crippen molar-refractivity contribution in [3.05, 3.63) is 29.6 Å². The van der Waals surface area contributed by atoms with Crippen molar-refractivity contribution in [2.45, 2.75) is 17.9 Å². The summed E-state index contributed by atoms with van der Waals surface area (Å²) in [6, 6.07) is 3.59. The summed E-state index contributed by atoms with van der Waals surface area (Å²) >= 11 is 1.42. The van der Waals surface area contributed by atoms with Crippen molar-refractivity contribution in [1.29, 1.82) is 0 Å². The minimum atomic E-state index is -4.34. The molecule has 2 nitrogen and oxygen atoms in total. The van der Waals surface area contributed by atoms with Crippen molar-refractivity contribution in [2.24, 2.45) is 0 Å². The lowest BCUT2D eigenvalue weighted by atomic mass is 10.1. The maximum Gasteiger partial charge on any atom is 0.484 e. The van der Waals surface area contributed by atoms with Crippen LogP contribution in [0.15, 0.2) is 23.4 Å². The van der Waals surface area contributed by atoms with Gasteiger partial charge >= 0.3 is 6.30 Å². The van der Waals surface area contributed by atoms with E-state index in [1.54, 1.807) is 12.1 Å². The molecule has 0 unspecified atom stereocenters. The molecule has 0 amide bonds. The van der Waals surface area contributed by atoms with Crippen molar-refractivity contribution in [3.63, 3.8) is 0 Å². The molecule has 0 aliphatic carbocycles. The summed E-state index contributed by atoms with van der Waals surface area (Å²) in [7, 11) is 0. The first kappa shape index (κ1) is 11.3. The topological polar surface area (TPSA) is 16.1 Å². The fraction of sp³-hybridized carbons (Fsp3) is 0.300. The largest absolute Gasteiger partial charge is 0.484 e. The quantitative estimate of drug-likeness (QED) is 0.559. The van der Waals surface area contributed by atoms with Gasteiger partial charge in [0.05, 0.1) is 17.3 Å². The van der Waals surface area contributed by atoms with E-state index < -0.39 is 6.30 Å². The normalized spacial score (nSPS) is 15.1. The van der Waals surface area contributed by atoms with Gasteiger partial charge in [-0.25, -0.2) is 4.98 Å². The molecule has 0 N–H and O–H groups in total. The van der Waals surface area contributed by atoms with Crippen LogP contribution in [0.3, 0.4) is 0 Å². The summed E-state index contributed by atoms with van der Waals surface area (Å²) in [6.45, 7) is -0.219. The number of halogens is 3. The molecule has 16 heavy (non-hydrogen) atoms. The second-order valence-electron chi connectivity index (χ2n) is 3.30. The molecule has 1 aromatic rings. The zero-order valence-corrected chi connectivity index (χ0v) is 9.27. The van der Waals surface area contributed by atoms with E-state index in [2.05, 4.69) is 4.98 Å². The second-order valence-corrected chi connectivity index (χ2v) is 4.13. The predicted molar refractivity (Wildman–Crippen MR) is 56.7 cm³/mol. The van der Waals surface area contributed by atoms with Gasteiger partial charge in [0, 0.05) is 6.20 Å². The molecule has 2 rings (SSSR count). The summed E-state index contributed by atoms with van der Waals surface area (Å²) in [4.78, 5) is 4.49. The van der Waals surface area contributed by atoms with E-state index in [1.807, 2.05) is 6.26 Å². The van der Waals surface area contributed by atoms with E-state index in [0.717, 1.165) is 16.8 Å². The Morgan fingerprint density at radius 3 is 2.75 bits per heavy atom. The Labute approximate surface area is 95.2 Å². The molecule has 0 fully saturated rings. The minimum absolute atomic E-state index is 0.219. The van der Waals surface area contributed by atoms with Gasteiger partial charge in [0.25, 0.3) is 0 Å². The van der Waals surface area contributed by atoms with Crippen molar-refractivity contribution >= 4 is 17.8 Å². The Balaban J connectivity index is 2.31. The number of aromatic nitrogens is 1. The van der Waals surface area contributed by atoms with E-state index in [1.165, 1.54) is 17.8 Å².